The second-order valence-electron chi connectivity index (χ2n) is 6.10. The van der Waals surface area contributed by atoms with Crippen LogP contribution in [0.3, 0.4) is 0 Å². The van der Waals surface area contributed by atoms with Crippen LogP contribution < -0.4 is 15.4 Å². The monoisotopic (exact) mass is 398 g/mol. The quantitative estimate of drug-likeness (QED) is 0.537. The molecule has 152 valence electrons. The molecule has 3 aromatic rings. The van der Waals surface area contributed by atoms with Crippen molar-refractivity contribution < 1.29 is 23.3 Å². The summed E-state index contributed by atoms with van der Waals surface area (Å²) in [6.45, 7) is 2.68. The van der Waals surface area contributed by atoms with Gasteiger partial charge in [0.05, 0.1) is 26.0 Å². The van der Waals surface area contributed by atoms with Crippen molar-refractivity contribution in [3.05, 3.63) is 54.3 Å². The molecule has 1 aromatic carbocycles. The van der Waals surface area contributed by atoms with Gasteiger partial charge in [-0.15, -0.1) is 0 Å². The first kappa shape index (κ1) is 20.1. The summed E-state index contributed by atoms with van der Waals surface area (Å²) in [6.07, 6.45) is 1.95. The standard InChI is InChI=1S/C20H22N4O5/c1-2-27-15-7-5-14(6-8-15)20-23-19(29-24-20)10-9-17(25)22-13-18(26)21-12-16-4-3-11-28-16/h3-8,11H,2,9-10,12-13H2,1H3,(H,21,26)(H,22,25). The number of aryl methyl sites for hydroxylation is 1. The number of nitrogens with zero attached hydrogens (tertiary/aromatic N) is 2. The van der Waals surface area contributed by atoms with E-state index in [-0.39, 0.29) is 37.7 Å². The van der Waals surface area contributed by atoms with Gasteiger partial charge in [0.15, 0.2) is 0 Å². The number of nitrogens with one attached hydrogen (secondary N) is 2. The van der Waals surface area contributed by atoms with Gasteiger partial charge in [-0.05, 0) is 43.3 Å². The van der Waals surface area contributed by atoms with E-state index in [0.29, 0.717) is 24.1 Å². The number of carbonyl (C=O) groups is 2. The van der Waals surface area contributed by atoms with E-state index in [1.54, 1.807) is 12.1 Å². The molecule has 0 aliphatic carbocycles. The lowest BCUT2D eigenvalue weighted by atomic mass is 10.2. The van der Waals surface area contributed by atoms with E-state index in [9.17, 15) is 9.59 Å². The Labute approximate surface area is 167 Å². The van der Waals surface area contributed by atoms with Crippen molar-refractivity contribution in [3.63, 3.8) is 0 Å². The molecule has 9 nitrogen and oxygen atoms in total. The molecule has 0 saturated carbocycles. The average Bonchev–Trinajstić information content (AvgIpc) is 3.42. The highest BCUT2D eigenvalue weighted by atomic mass is 16.5. The smallest absolute Gasteiger partial charge is 0.239 e. The predicted octanol–water partition coefficient (Wildman–Crippen LogP) is 2.09. The molecule has 2 N–H and O–H groups in total. The molecule has 0 saturated heterocycles. The number of furan rings is 1. The van der Waals surface area contributed by atoms with Gasteiger partial charge in [-0.2, -0.15) is 4.98 Å². The lowest BCUT2D eigenvalue weighted by molar-refractivity contribution is -0.126. The molecule has 2 amide bonds. The van der Waals surface area contributed by atoms with Crippen LogP contribution in [0.2, 0.25) is 0 Å². The van der Waals surface area contributed by atoms with Gasteiger partial charge in [0.25, 0.3) is 0 Å². The Morgan fingerprint density at radius 3 is 2.66 bits per heavy atom. The van der Waals surface area contributed by atoms with Gasteiger partial charge >= 0.3 is 0 Å². The van der Waals surface area contributed by atoms with Crippen LogP contribution in [-0.4, -0.2) is 35.1 Å². The molecule has 0 spiro atoms. The van der Waals surface area contributed by atoms with Crippen LogP contribution >= 0.6 is 0 Å². The Kier molecular flexibility index (Phi) is 6.99. The van der Waals surface area contributed by atoms with Crippen LogP contribution in [0, 0.1) is 0 Å². The van der Waals surface area contributed by atoms with Crippen LogP contribution in [0.1, 0.15) is 25.0 Å². The summed E-state index contributed by atoms with van der Waals surface area (Å²) in [4.78, 5) is 27.9. The maximum absolute atomic E-state index is 11.9. The molecule has 2 heterocycles. The van der Waals surface area contributed by atoms with Crippen LogP contribution in [0.4, 0.5) is 0 Å². The number of amides is 2. The average molecular weight is 398 g/mol. The summed E-state index contributed by atoms with van der Waals surface area (Å²) in [5.41, 5.74) is 0.793. The summed E-state index contributed by atoms with van der Waals surface area (Å²) in [6, 6.07) is 10.8. The fourth-order valence-electron chi connectivity index (χ4n) is 2.49. The van der Waals surface area contributed by atoms with E-state index < -0.39 is 0 Å². The second-order valence-corrected chi connectivity index (χ2v) is 6.10. The summed E-state index contributed by atoms with van der Waals surface area (Å²) in [5.74, 6) is 1.63. The Bertz CT molecular complexity index is 919. The van der Waals surface area contributed by atoms with Crippen molar-refractivity contribution >= 4 is 11.8 Å². The van der Waals surface area contributed by atoms with Crippen LogP contribution in [0.5, 0.6) is 5.75 Å². The zero-order valence-electron chi connectivity index (χ0n) is 16.0. The molecule has 0 aliphatic heterocycles. The van der Waals surface area contributed by atoms with E-state index >= 15 is 0 Å². The molecule has 3 rings (SSSR count). The van der Waals surface area contributed by atoms with Crippen molar-refractivity contribution in [3.8, 4) is 17.1 Å². The van der Waals surface area contributed by atoms with Crippen LogP contribution in [0.15, 0.2) is 51.6 Å². The Morgan fingerprint density at radius 1 is 1.10 bits per heavy atom. The number of rotatable bonds is 10. The number of benzene rings is 1. The highest BCUT2D eigenvalue weighted by Crippen LogP contribution is 2.20. The summed E-state index contributed by atoms with van der Waals surface area (Å²) < 4.78 is 15.7. The van der Waals surface area contributed by atoms with Gasteiger partial charge in [0, 0.05) is 18.4 Å². The first-order chi connectivity index (χ1) is 14.1. The number of aromatic nitrogens is 2. The minimum atomic E-state index is -0.301. The third kappa shape index (κ3) is 6.20. The topological polar surface area (TPSA) is 119 Å². The van der Waals surface area contributed by atoms with Gasteiger partial charge in [-0.25, -0.2) is 0 Å². The lowest BCUT2D eigenvalue weighted by Crippen LogP contribution is -2.36. The molecule has 0 radical (unpaired) electrons. The molecular weight excluding hydrogens is 376 g/mol. The number of carbonyl (C=O) groups excluding carboxylic acids is 2. The molecule has 0 aliphatic rings. The molecular formula is C20H22N4O5. The normalized spacial score (nSPS) is 10.5. The molecule has 29 heavy (non-hydrogen) atoms. The minimum Gasteiger partial charge on any atom is -0.494 e. The Morgan fingerprint density at radius 2 is 1.93 bits per heavy atom. The van der Waals surface area contributed by atoms with E-state index in [2.05, 4.69) is 20.8 Å². The zero-order chi connectivity index (χ0) is 20.5. The van der Waals surface area contributed by atoms with Crippen molar-refractivity contribution in [2.24, 2.45) is 0 Å². The van der Waals surface area contributed by atoms with Gasteiger partial charge < -0.3 is 24.3 Å². The summed E-state index contributed by atoms with van der Waals surface area (Å²) >= 11 is 0. The van der Waals surface area contributed by atoms with Crippen LogP contribution in [0.25, 0.3) is 11.4 Å². The lowest BCUT2D eigenvalue weighted by Gasteiger charge is -2.05. The molecule has 9 heteroatoms. The third-order valence-electron chi connectivity index (χ3n) is 3.94. The second kappa shape index (κ2) is 10.1. The molecule has 0 unspecified atom stereocenters. The Balaban J connectivity index is 1.39. The summed E-state index contributed by atoms with van der Waals surface area (Å²) in [7, 11) is 0. The SMILES string of the molecule is CCOc1ccc(-c2noc(CCC(=O)NCC(=O)NCc3ccco3)n2)cc1. The fraction of sp³-hybridized carbons (Fsp3) is 0.300. The van der Waals surface area contributed by atoms with E-state index in [1.165, 1.54) is 6.26 Å². The van der Waals surface area contributed by atoms with E-state index in [4.69, 9.17) is 13.7 Å². The highest BCUT2D eigenvalue weighted by Gasteiger charge is 2.12. The number of ether oxygens (including phenoxy) is 1. The number of hydrogen-bond acceptors (Lipinski definition) is 7. The van der Waals surface area contributed by atoms with E-state index in [1.807, 2.05) is 31.2 Å². The molecule has 2 aromatic heterocycles. The van der Waals surface area contributed by atoms with Crippen LogP contribution in [-0.2, 0) is 22.6 Å². The third-order valence-corrected chi connectivity index (χ3v) is 3.94. The molecule has 0 atom stereocenters. The first-order valence-electron chi connectivity index (χ1n) is 9.25. The maximum atomic E-state index is 11.9. The first-order valence-corrected chi connectivity index (χ1v) is 9.25. The van der Waals surface area contributed by atoms with Gasteiger partial charge in [0.2, 0.25) is 23.5 Å². The molecule has 0 fully saturated rings. The maximum Gasteiger partial charge on any atom is 0.239 e. The number of hydrogen-bond donors (Lipinski definition) is 2. The predicted molar refractivity (Wildman–Crippen MR) is 103 cm³/mol. The van der Waals surface area contributed by atoms with Gasteiger partial charge in [0.1, 0.15) is 11.5 Å². The minimum absolute atomic E-state index is 0.110. The fourth-order valence-corrected chi connectivity index (χ4v) is 2.49. The van der Waals surface area contributed by atoms with Gasteiger partial charge in [-0.3, -0.25) is 9.59 Å². The largest absolute Gasteiger partial charge is 0.494 e. The van der Waals surface area contributed by atoms with Crippen molar-refractivity contribution in [1.29, 1.82) is 0 Å². The summed E-state index contributed by atoms with van der Waals surface area (Å²) in [5, 5.41) is 9.14. The van der Waals surface area contributed by atoms with Crippen molar-refractivity contribution in [1.82, 2.24) is 20.8 Å². The van der Waals surface area contributed by atoms with E-state index in [0.717, 1.165) is 11.3 Å². The van der Waals surface area contributed by atoms with Crippen molar-refractivity contribution in [2.45, 2.75) is 26.3 Å². The molecule has 0 bridgehead atoms. The highest BCUT2D eigenvalue weighted by molar-refractivity contribution is 5.84. The van der Waals surface area contributed by atoms with Crippen molar-refractivity contribution in [2.75, 3.05) is 13.2 Å². The van der Waals surface area contributed by atoms with Gasteiger partial charge in [-0.1, -0.05) is 5.16 Å². The Hall–Kier alpha value is -3.62. The zero-order valence-corrected chi connectivity index (χ0v) is 16.0.